The number of benzene rings is 2. The van der Waals surface area contributed by atoms with Crippen molar-refractivity contribution in [2.75, 3.05) is 0 Å². The lowest BCUT2D eigenvalue weighted by Gasteiger charge is -2.18. The zero-order valence-corrected chi connectivity index (χ0v) is 42.4. The number of nitrogens with zero attached hydrogens (tertiary/aromatic N) is 4. The summed E-state index contributed by atoms with van der Waals surface area (Å²) in [5, 5.41) is 0. The Morgan fingerprint density at radius 3 is 1.07 bits per heavy atom. The summed E-state index contributed by atoms with van der Waals surface area (Å²) in [6.45, 7) is 19.5. The molecule has 2 heterocycles. The van der Waals surface area contributed by atoms with Gasteiger partial charge in [0, 0.05) is 64.9 Å². The maximum Gasteiger partial charge on any atom is 0.130 e. The molecule has 0 radical (unpaired) electrons. The van der Waals surface area contributed by atoms with Crippen LogP contribution in [0.15, 0.2) is 61.2 Å². The van der Waals surface area contributed by atoms with Crippen LogP contribution in [-0.2, 0) is 25.7 Å². The molecule has 0 unspecified atom stereocenters. The van der Waals surface area contributed by atoms with Crippen LogP contribution in [0.1, 0.15) is 165 Å². The van der Waals surface area contributed by atoms with Crippen LogP contribution in [0.2, 0.25) is 51.4 Å². The van der Waals surface area contributed by atoms with Crippen molar-refractivity contribution in [3.63, 3.8) is 0 Å². The lowest BCUT2D eigenvalue weighted by atomic mass is 9.99. The normalized spacial score (nSPS) is 12.0. The van der Waals surface area contributed by atoms with Gasteiger partial charge in [0.15, 0.2) is 0 Å². The molecule has 61 heavy (non-hydrogen) atoms. The molecule has 7 heteroatoms. The predicted octanol–water partition coefficient (Wildman–Crippen LogP) is 17.1. The van der Waals surface area contributed by atoms with Crippen molar-refractivity contribution in [2.24, 2.45) is 0 Å². The second-order valence-electron chi connectivity index (χ2n) is 20.5. The maximum atomic E-state index is 7.01. The lowest BCUT2D eigenvalue weighted by Crippen LogP contribution is -2.18. The highest BCUT2D eigenvalue weighted by Gasteiger charge is 2.16. The number of aromatic nitrogens is 4. The Morgan fingerprint density at radius 2 is 0.705 bits per heavy atom. The van der Waals surface area contributed by atoms with Crippen molar-refractivity contribution < 1.29 is 4.74 Å². The van der Waals surface area contributed by atoms with Crippen molar-refractivity contribution in [1.82, 2.24) is 19.9 Å². The molecule has 0 spiro atoms. The fraction of sp³-hybridized carbons (Fsp3) is 0.630. The maximum absolute atomic E-state index is 7.01. The molecule has 0 saturated carbocycles. The molecular weight excluding hydrogens is 777 g/mol. The fourth-order valence-corrected chi connectivity index (χ4v) is 10.9. The Hall–Kier alpha value is -3.17. The van der Waals surface area contributed by atoms with Gasteiger partial charge in [0.1, 0.15) is 23.1 Å². The second-order valence-corrected chi connectivity index (χ2v) is 31.8. The first-order valence-electron chi connectivity index (χ1n) is 25.0. The molecule has 0 aliphatic heterocycles. The van der Waals surface area contributed by atoms with Gasteiger partial charge < -0.3 is 4.74 Å². The largest absolute Gasteiger partial charge is 0.457 e. The molecule has 0 atom stereocenters. The van der Waals surface area contributed by atoms with Gasteiger partial charge in [0.25, 0.3) is 0 Å². The summed E-state index contributed by atoms with van der Waals surface area (Å²) in [4.78, 5) is 19.2. The molecule has 0 aliphatic rings. The molecule has 4 aromatic rings. The van der Waals surface area contributed by atoms with E-state index in [1.165, 1.54) is 137 Å². The van der Waals surface area contributed by atoms with Crippen molar-refractivity contribution in [3.8, 4) is 33.8 Å². The highest BCUT2D eigenvalue weighted by Crippen LogP contribution is 2.35. The zero-order valence-electron chi connectivity index (χ0n) is 40.4. The van der Waals surface area contributed by atoms with Gasteiger partial charge >= 0.3 is 0 Å². The molecule has 0 amide bonds. The summed E-state index contributed by atoms with van der Waals surface area (Å²) in [7, 11) is -2.01. The van der Waals surface area contributed by atoms with Crippen LogP contribution >= 0.6 is 0 Å². The highest BCUT2D eigenvalue weighted by atomic mass is 28.3. The highest BCUT2D eigenvalue weighted by molar-refractivity contribution is 6.76. The summed E-state index contributed by atoms with van der Waals surface area (Å²) in [5.74, 6) is 3.86. The van der Waals surface area contributed by atoms with Crippen molar-refractivity contribution in [2.45, 2.75) is 219 Å². The van der Waals surface area contributed by atoms with E-state index in [0.29, 0.717) is 0 Å². The van der Waals surface area contributed by atoms with E-state index < -0.39 is 16.1 Å². The van der Waals surface area contributed by atoms with Crippen LogP contribution in [0.4, 0.5) is 0 Å². The fourth-order valence-electron chi connectivity index (χ4n) is 8.27. The first kappa shape index (κ1) is 50.5. The van der Waals surface area contributed by atoms with E-state index in [0.717, 1.165) is 85.6 Å². The standard InChI is InChI=1S/C54H86N4OSi2/c1-9-11-13-15-17-25-31-53-55-41-49(42-56-53)45-33-35-51(47(39-45)29-23-19-21-27-37-60(3,4)5)59-52-36-34-46(40-48(52)30-24-20-22-28-38-61(6,7)8)50-43-57-54(58-44-50)32-26-18-16-14-12-10-2/h33-36,39-44H,9-32,37-38H2,1-8H3. The van der Waals surface area contributed by atoms with Crippen LogP contribution in [0.25, 0.3) is 22.3 Å². The van der Waals surface area contributed by atoms with Gasteiger partial charge in [-0.2, -0.15) is 0 Å². The van der Waals surface area contributed by atoms with E-state index in [-0.39, 0.29) is 0 Å². The number of hydrogen-bond acceptors (Lipinski definition) is 5. The third kappa shape index (κ3) is 20.7. The Balaban J connectivity index is 1.52. The van der Waals surface area contributed by atoms with Crippen molar-refractivity contribution in [1.29, 1.82) is 0 Å². The Bertz CT molecular complexity index is 1650. The minimum Gasteiger partial charge on any atom is -0.457 e. The quantitative estimate of drug-likeness (QED) is 0.0361. The first-order chi connectivity index (χ1) is 29.4. The number of ether oxygens (including phenoxy) is 1. The third-order valence-corrected chi connectivity index (χ3v) is 15.9. The molecule has 2 aromatic heterocycles. The minimum atomic E-state index is -1.00. The van der Waals surface area contributed by atoms with E-state index in [2.05, 4.69) is 89.5 Å². The zero-order chi connectivity index (χ0) is 43.8. The second kappa shape index (κ2) is 27.8. The molecule has 5 nitrogen and oxygen atoms in total. The lowest BCUT2D eigenvalue weighted by molar-refractivity contribution is 0.467. The molecule has 0 bridgehead atoms. The van der Waals surface area contributed by atoms with Gasteiger partial charge in [0.2, 0.25) is 0 Å². The smallest absolute Gasteiger partial charge is 0.130 e. The molecular formula is C54H86N4OSi2. The summed E-state index contributed by atoms with van der Waals surface area (Å²) in [6, 6.07) is 16.3. The predicted molar refractivity (Wildman–Crippen MR) is 270 cm³/mol. The Kier molecular flexibility index (Phi) is 23.0. The monoisotopic (exact) mass is 863 g/mol. The van der Waals surface area contributed by atoms with E-state index in [1.54, 1.807) is 0 Å². The summed E-state index contributed by atoms with van der Waals surface area (Å²) in [5.41, 5.74) is 7.04. The average molecular weight is 863 g/mol. The van der Waals surface area contributed by atoms with Crippen molar-refractivity contribution >= 4 is 16.1 Å². The SMILES string of the molecule is CCCCCCCCc1ncc(-c2ccc(Oc3ccc(-c4cnc(CCCCCCCC)nc4)cc3CCCCCC[Si](C)(C)C)c(CCCCCC[Si](C)(C)C)c2)cn1. The molecule has 0 saturated heterocycles. The van der Waals surface area contributed by atoms with Gasteiger partial charge in [-0.3, -0.25) is 0 Å². The Morgan fingerprint density at radius 1 is 0.377 bits per heavy atom. The van der Waals surface area contributed by atoms with Gasteiger partial charge in [-0.15, -0.1) is 0 Å². The molecule has 2 aromatic carbocycles. The number of aryl methyl sites for hydroxylation is 4. The average Bonchev–Trinajstić information content (AvgIpc) is 3.23. The Labute approximate surface area is 376 Å². The van der Waals surface area contributed by atoms with Crippen LogP contribution in [-0.4, -0.2) is 36.1 Å². The number of hydrogen-bond donors (Lipinski definition) is 0. The number of unbranched alkanes of at least 4 members (excludes halogenated alkanes) is 16. The van der Waals surface area contributed by atoms with Gasteiger partial charge in [0.05, 0.1) is 0 Å². The van der Waals surface area contributed by atoms with E-state index in [1.807, 2.05) is 24.8 Å². The summed E-state index contributed by atoms with van der Waals surface area (Å²) in [6.07, 6.45) is 37.6. The van der Waals surface area contributed by atoms with Gasteiger partial charge in [-0.05, 0) is 85.0 Å². The van der Waals surface area contributed by atoms with Crippen LogP contribution in [0.5, 0.6) is 11.5 Å². The van der Waals surface area contributed by atoms with E-state index in [4.69, 9.17) is 24.7 Å². The third-order valence-electron chi connectivity index (χ3n) is 12.2. The molecule has 336 valence electrons. The van der Waals surface area contributed by atoms with Gasteiger partial charge in [-0.25, -0.2) is 19.9 Å². The summed E-state index contributed by atoms with van der Waals surface area (Å²) < 4.78 is 7.01. The molecule has 0 aliphatic carbocycles. The van der Waals surface area contributed by atoms with Crippen molar-refractivity contribution in [3.05, 3.63) is 84.0 Å². The van der Waals surface area contributed by atoms with Gasteiger partial charge in [-0.1, -0.05) is 180 Å². The minimum absolute atomic E-state index is 0.958. The molecule has 0 fully saturated rings. The molecule has 4 rings (SSSR count). The summed E-state index contributed by atoms with van der Waals surface area (Å²) >= 11 is 0. The van der Waals surface area contributed by atoms with E-state index >= 15 is 0 Å². The van der Waals surface area contributed by atoms with Crippen LogP contribution < -0.4 is 4.74 Å². The first-order valence-corrected chi connectivity index (χ1v) is 32.4. The topological polar surface area (TPSA) is 60.8 Å². The van der Waals surface area contributed by atoms with E-state index in [9.17, 15) is 0 Å². The molecule has 0 N–H and O–H groups in total. The van der Waals surface area contributed by atoms with Crippen LogP contribution in [0.3, 0.4) is 0 Å². The van der Waals surface area contributed by atoms with Crippen LogP contribution in [0, 0.1) is 0 Å². The number of rotatable bonds is 32.